The molecule has 0 bridgehead atoms. The predicted octanol–water partition coefficient (Wildman–Crippen LogP) is 9.44. The Labute approximate surface area is 212 Å². The van der Waals surface area contributed by atoms with E-state index in [4.69, 9.17) is 21.2 Å². The summed E-state index contributed by atoms with van der Waals surface area (Å²) in [6, 6.07) is 1.84. The number of rotatable bonds is 13. The molecule has 206 valence electrons. The second-order valence-corrected chi connectivity index (χ2v) is 30.0. The highest BCUT2D eigenvalue weighted by Gasteiger charge is 2.48. The lowest BCUT2D eigenvalue weighted by atomic mass is 10.5. The molecule has 0 aromatic carbocycles. The minimum Gasteiger partial charge on any atom is -0.437 e. The van der Waals surface area contributed by atoms with Crippen molar-refractivity contribution >= 4 is 42.3 Å². The fraction of sp³-hybridized carbons (Fsp3) is 1.00. The Balaban J connectivity index is -0.000000208. The first kappa shape index (κ1) is 49.9. The van der Waals surface area contributed by atoms with Crippen LogP contribution in [0.1, 0.15) is 57.9 Å². The van der Waals surface area contributed by atoms with Crippen molar-refractivity contribution in [2.75, 3.05) is 13.7 Å². The number of hydrogen-bond acceptors (Lipinski definition) is 5. The first-order valence-corrected chi connectivity index (χ1v) is 24.4. The fourth-order valence-corrected chi connectivity index (χ4v) is 26.5. The molecule has 0 rings (SSSR count). The molecule has 0 aliphatic rings. The molecule has 0 fully saturated rings. The van der Waals surface area contributed by atoms with Crippen LogP contribution in [0, 0.1) is 0 Å². The van der Waals surface area contributed by atoms with E-state index >= 15 is 0 Å². The highest BCUT2D eigenvalue weighted by molar-refractivity contribution is 6.90. The fourth-order valence-electron chi connectivity index (χ4n) is 3.21. The van der Waals surface area contributed by atoms with Gasteiger partial charge in [0.05, 0.1) is 0 Å². The molecule has 5 nitrogen and oxygen atoms in total. The molecule has 0 aliphatic carbocycles. The van der Waals surface area contributed by atoms with Crippen LogP contribution in [0.3, 0.4) is 0 Å². The summed E-state index contributed by atoms with van der Waals surface area (Å²) >= 11 is 0. The van der Waals surface area contributed by atoms with Crippen molar-refractivity contribution in [3.8, 4) is 0 Å². The summed E-state index contributed by atoms with van der Waals surface area (Å²) < 4.78 is 31.8. The van der Waals surface area contributed by atoms with Gasteiger partial charge >= 0.3 is 25.7 Å². The first-order chi connectivity index (χ1) is 11.4. The highest BCUT2D eigenvalue weighted by atomic mass is 28.5. The van der Waals surface area contributed by atoms with Crippen molar-refractivity contribution in [1.29, 1.82) is 0 Å². The summed E-state index contributed by atoms with van der Waals surface area (Å²) in [7, 11) is -8.60. The van der Waals surface area contributed by atoms with Crippen LogP contribution >= 0.6 is 0 Å². The van der Waals surface area contributed by atoms with E-state index in [1.165, 1.54) is 0 Å². The maximum Gasteiger partial charge on any atom is 0.317 e. The van der Waals surface area contributed by atoms with Gasteiger partial charge in [0.25, 0.3) is 0 Å². The van der Waals surface area contributed by atoms with Crippen molar-refractivity contribution in [2.24, 2.45) is 0 Å². The van der Waals surface area contributed by atoms with Crippen molar-refractivity contribution in [2.45, 2.75) is 135 Å². The zero-order valence-electron chi connectivity index (χ0n) is 19.4. The van der Waals surface area contributed by atoms with Gasteiger partial charge in [0.1, 0.15) is 0 Å². The van der Waals surface area contributed by atoms with Crippen LogP contribution in [0.15, 0.2) is 0 Å². The summed E-state index contributed by atoms with van der Waals surface area (Å²) in [6.07, 6.45) is 0.942. The quantitative estimate of drug-likeness (QED) is 0.168. The molecular weight excluding hydrogens is 485 g/mol. The van der Waals surface area contributed by atoms with Gasteiger partial charge in [-0.05, 0) is 84.0 Å². The van der Waals surface area contributed by atoms with Gasteiger partial charge in [0, 0.05) is 13.7 Å². The molecule has 0 aromatic rings. The smallest absolute Gasteiger partial charge is 0.317 e. The second kappa shape index (κ2) is 19.1. The monoisotopic (exact) mass is 552 g/mol. The van der Waals surface area contributed by atoms with E-state index in [1.807, 2.05) is 0 Å². The molecule has 2 atom stereocenters. The number of ether oxygens (including phenoxy) is 1. The molecule has 0 saturated carbocycles. The predicted molar refractivity (Wildman–Crippen MR) is 164 cm³/mol. The minimum atomic E-state index is -2.44. The van der Waals surface area contributed by atoms with Crippen molar-refractivity contribution in [3.05, 3.63) is 0 Å². The molecule has 0 radical (unpaired) electrons. The standard InChI is InChI=1S/C16H44O5Si5.6CH4/c1-13-25(11,19-23(6,7)8)21-26(12,16-14-15-17-2)20-24(9,10)18-22(3,4)5;;;;;;/h13-16H2,1-12H3;6*1H4. The van der Waals surface area contributed by atoms with E-state index in [9.17, 15) is 0 Å². The second-order valence-electron chi connectivity index (χ2n) is 9.75. The Hall–Kier alpha value is 0.884. The Morgan fingerprint density at radius 3 is 1.25 bits per heavy atom. The molecule has 0 aliphatic heterocycles. The summed E-state index contributed by atoms with van der Waals surface area (Å²) in [5, 5.41) is 0. The van der Waals surface area contributed by atoms with Crippen molar-refractivity contribution in [1.82, 2.24) is 0 Å². The third kappa shape index (κ3) is 24.0. The lowest BCUT2D eigenvalue weighted by molar-refractivity contribution is 0.194. The van der Waals surface area contributed by atoms with Gasteiger partial charge in [-0.25, -0.2) is 0 Å². The Morgan fingerprint density at radius 1 is 0.531 bits per heavy atom. The normalized spacial score (nSPS) is 15.0. The van der Waals surface area contributed by atoms with Crippen molar-refractivity contribution in [3.63, 3.8) is 0 Å². The van der Waals surface area contributed by atoms with E-state index < -0.39 is 42.3 Å². The van der Waals surface area contributed by atoms with E-state index in [2.05, 4.69) is 72.4 Å². The molecular formula is C22H68O5Si5. The molecule has 0 amide bonds. The zero-order chi connectivity index (χ0) is 20.9. The summed E-state index contributed by atoms with van der Waals surface area (Å²) in [5.41, 5.74) is 0. The minimum absolute atomic E-state index is 0. The molecule has 0 saturated heterocycles. The topological polar surface area (TPSA) is 46.2 Å². The number of methoxy groups -OCH3 is 1. The molecule has 0 heterocycles. The third-order valence-electron chi connectivity index (χ3n) is 3.59. The van der Waals surface area contributed by atoms with Gasteiger partial charge in [0.15, 0.2) is 16.6 Å². The van der Waals surface area contributed by atoms with Crippen LogP contribution in [0.25, 0.3) is 0 Å². The van der Waals surface area contributed by atoms with Crippen LogP contribution in [0.5, 0.6) is 0 Å². The summed E-state index contributed by atoms with van der Waals surface area (Å²) in [5.74, 6) is 0. The SMILES string of the molecule is C.C.C.C.C.C.CC[Si](C)(O[Si](C)(C)C)O[Si](C)(CCCOC)O[Si](C)(C)O[Si](C)(C)C. The Morgan fingerprint density at radius 2 is 0.938 bits per heavy atom. The Kier molecular flexibility index (Phi) is 29.8. The lowest BCUT2D eigenvalue weighted by Crippen LogP contribution is -2.60. The molecule has 2 unspecified atom stereocenters. The van der Waals surface area contributed by atoms with Crippen LogP contribution in [-0.2, 0) is 21.2 Å². The van der Waals surface area contributed by atoms with Crippen LogP contribution < -0.4 is 0 Å². The maximum atomic E-state index is 6.83. The maximum absolute atomic E-state index is 6.83. The third-order valence-corrected chi connectivity index (χ3v) is 21.9. The number of hydrogen-bond donors (Lipinski definition) is 0. The van der Waals surface area contributed by atoms with Gasteiger partial charge < -0.3 is 21.2 Å². The van der Waals surface area contributed by atoms with Crippen LogP contribution in [0.4, 0.5) is 0 Å². The largest absolute Gasteiger partial charge is 0.437 e. The van der Waals surface area contributed by atoms with Crippen LogP contribution in [0.2, 0.25) is 77.6 Å². The summed E-state index contributed by atoms with van der Waals surface area (Å²) in [6.45, 7) is 24.9. The van der Waals surface area contributed by atoms with Gasteiger partial charge in [-0.15, -0.1) is 0 Å². The average molecular weight is 553 g/mol. The van der Waals surface area contributed by atoms with E-state index in [-0.39, 0.29) is 44.6 Å². The average Bonchev–Trinajstić information content (AvgIpc) is 2.32. The van der Waals surface area contributed by atoms with E-state index in [0.717, 1.165) is 25.1 Å². The zero-order valence-corrected chi connectivity index (χ0v) is 24.4. The van der Waals surface area contributed by atoms with Gasteiger partial charge in [-0.3, -0.25) is 0 Å². The molecule has 0 aromatic heterocycles. The molecule has 0 spiro atoms. The van der Waals surface area contributed by atoms with Gasteiger partial charge in [0.2, 0.25) is 0 Å². The van der Waals surface area contributed by atoms with Gasteiger partial charge in [-0.1, -0.05) is 51.5 Å². The Bertz CT molecular complexity index is 428. The summed E-state index contributed by atoms with van der Waals surface area (Å²) in [4.78, 5) is 0. The highest BCUT2D eigenvalue weighted by Crippen LogP contribution is 2.30. The first-order valence-electron chi connectivity index (χ1n) is 9.74. The van der Waals surface area contributed by atoms with Crippen LogP contribution in [-0.4, -0.2) is 56.0 Å². The molecule has 0 N–H and O–H groups in total. The molecule has 10 heteroatoms. The molecule has 32 heavy (non-hydrogen) atoms. The van der Waals surface area contributed by atoms with E-state index in [1.54, 1.807) is 7.11 Å². The van der Waals surface area contributed by atoms with Crippen molar-refractivity contribution < 1.29 is 21.2 Å². The van der Waals surface area contributed by atoms with E-state index in [0.29, 0.717) is 0 Å². The van der Waals surface area contributed by atoms with Gasteiger partial charge in [-0.2, -0.15) is 0 Å². The lowest BCUT2D eigenvalue weighted by Gasteiger charge is -2.44.